The van der Waals surface area contributed by atoms with Gasteiger partial charge in [-0.3, -0.25) is 9.48 Å². The number of ether oxygens (including phenoxy) is 1. The Hall–Kier alpha value is -1.62. The van der Waals surface area contributed by atoms with Crippen LogP contribution in [0.4, 0.5) is 0 Å². The van der Waals surface area contributed by atoms with Gasteiger partial charge in [0.25, 0.3) is 0 Å². The molecule has 1 unspecified atom stereocenters. The number of carbonyl (C=O) groups is 1. The van der Waals surface area contributed by atoms with Crippen molar-refractivity contribution in [3.8, 4) is 0 Å². The Morgan fingerprint density at radius 1 is 1.32 bits per heavy atom. The Balaban J connectivity index is 1.34. The molecule has 5 heteroatoms. The third-order valence-electron chi connectivity index (χ3n) is 5.64. The second-order valence-corrected chi connectivity index (χ2v) is 7.79. The zero-order valence-corrected chi connectivity index (χ0v) is 15.0. The average Bonchev–Trinajstić information content (AvgIpc) is 3.33. The minimum atomic E-state index is 0.238. The smallest absolute Gasteiger partial charge is 0.227 e. The third-order valence-corrected chi connectivity index (χ3v) is 5.64. The molecule has 2 heterocycles. The molecular formula is C20H29N3O2. The van der Waals surface area contributed by atoms with E-state index in [4.69, 9.17) is 4.74 Å². The van der Waals surface area contributed by atoms with Crippen LogP contribution < -0.4 is 0 Å². The summed E-state index contributed by atoms with van der Waals surface area (Å²) in [5.74, 6) is 1.07. The van der Waals surface area contributed by atoms with Gasteiger partial charge in [0.05, 0.1) is 18.3 Å². The van der Waals surface area contributed by atoms with Gasteiger partial charge in [-0.25, -0.2) is 0 Å². The van der Waals surface area contributed by atoms with Gasteiger partial charge >= 0.3 is 0 Å². The van der Waals surface area contributed by atoms with Crippen molar-refractivity contribution in [1.29, 1.82) is 0 Å². The fourth-order valence-electron chi connectivity index (χ4n) is 3.92. The van der Waals surface area contributed by atoms with Gasteiger partial charge in [0, 0.05) is 32.4 Å². The molecule has 1 aliphatic heterocycles. The molecule has 1 saturated carbocycles. The van der Waals surface area contributed by atoms with E-state index in [2.05, 4.69) is 15.9 Å². The van der Waals surface area contributed by atoms with E-state index in [1.165, 1.54) is 31.3 Å². The van der Waals surface area contributed by atoms with E-state index in [1.807, 2.05) is 17.2 Å². The van der Waals surface area contributed by atoms with E-state index in [-0.39, 0.29) is 11.9 Å². The Morgan fingerprint density at radius 3 is 3.04 bits per heavy atom. The van der Waals surface area contributed by atoms with Crippen LogP contribution in [0.25, 0.3) is 0 Å². The standard InChI is InChI=1S/C20H29N3O2/c24-20(12-16-4-2-1-3-5-16)22-13-18-8-10-21-23(18)19(14-22)9-11-25-15-17-6-7-17/h4,8,10,17,19H,1-3,5-7,9,11-15H2. The van der Waals surface area contributed by atoms with Gasteiger partial charge in [0.15, 0.2) is 0 Å². The quantitative estimate of drug-likeness (QED) is 0.562. The molecule has 3 aliphatic rings. The first kappa shape index (κ1) is 16.8. The SMILES string of the molecule is O=C(CC1=CCCCC1)N1Cc2ccnn2C(CCOCC2CC2)C1. The lowest BCUT2D eigenvalue weighted by Gasteiger charge is -2.34. The predicted octanol–water partition coefficient (Wildman–Crippen LogP) is 3.47. The lowest BCUT2D eigenvalue weighted by molar-refractivity contribution is -0.132. The summed E-state index contributed by atoms with van der Waals surface area (Å²) in [5, 5.41) is 4.49. The number of hydrogen-bond donors (Lipinski definition) is 0. The molecule has 0 bridgehead atoms. The molecule has 25 heavy (non-hydrogen) atoms. The van der Waals surface area contributed by atoms with Gasteiger partial charge in [-0.1, -0.05) is 11.6 Å². The molecule has 0 N–H and O–H groups in total. The second kappa shape index (κ2) is 7.73. The van der Waals surface area contributed by atoms with E-state index in [0.717, 1.165) is 50.6 Å². The first-order valence-corrected chi connectivity index (χ1v) is 9.85. The molecule has 136 valence electrons. The molecule has 5 nitrogen and oxygen atoms in total. The predicted molar refractivity (Wildman–Crippen MR) is 96.0 cm³/mol. The van der Waals surface area contributed by atoms with E-state index >= 15 is 0 Å². The van der Waals surface area contributed by atoms with Crippen molar-refractivity contribution in [2.75, 3.05) is 19.8 Å². The van der Waals surface area contributed by atoms with Gasteiger partial charge in [-0.15, -0.1) is 0 Å². The summed E-state index contributed by atoms with van der Waals surface area (Å²) < 4.78 is 7.92. The summed E-state index contributed by atoms with van der Waals surface area (Å²) in [6, 6.07) is 2.28. The molecule has 0 aromatic carbocycles. The lowest BCUT2D eigenvalue weighted by Crippen LogP contribution is -2.41. The molecule has 2 aliphatic carbocycles. The first-order valence-electron chi connectivity index (χ1n) is 9.85. The van der Waals surface area contributed by atoms with Crippen LogP contribution >= 0.6 is 0 Å². The van der Waals surface area contributed by atoms with Gasteiger partial charge in [-0.05, 0) is 56.9 Å². The van der Waals surface area contributed by atoms with Crippen LogP contribution in [0.15, 0.2) is 23.9 Å². The van der Waals surface area contributed by atoms with Crippen molar-refractivity contribution >= 4 is 5.91 Å². The van der Waals surface area contributed by atoms with E-state index < -0.39 is 0 Å². The van der Waals surface area contributed by atoms with Crippen molar-refractivity contribution in [1.82, 2.24) is 14.7 Å². The minimum Gasteiger partial charge on any atom is -0.381 e. The highest BCUT2D eigenvalue weighted by atomic mass is 16.5. The summed E-state index contributed by atoms with van der Waals surface area (Å²) in [7, 11) is 0. The number of hydrogen-bond acceptors (Lipinski definition) is 3. The lowest BCUT2D eigenvalue weighted by atomic mass is 9.96. The van der Waals surface area contributed by atoms with Crippen molar-refractivity contribution < 1.29 is 9.53 Å². The summed E-state index contributed by atoms with van der Waals surface area (Å²) in [6.45, 7) is 3.10. The molecule has 1 amide bonds. The average molecular weight is 343 g/mol. The van der Waals surface area contributed by atoms with Crippen LogP contribution in [-0.4, -0.2) is 40.3 Å². The largest absolute Gasteiger partial charge is 0.381 e. The van der Waals surface area contributed by atoms with Crippen LogP contribution in [0.5, 0.6) is 0 Å². The monoisotopic (exact) mass is 343 g/mol. The van der Waals surface area contributed by atoms with Crippen LogP contribution in [-0.2, 0) is 16.1 Å². The Kier molecular flexibility index (Phi) is 5.20. The van der Waals surface area contributed by atoms with E-state index in [9.17, 15) is 4.79 Å². The maximum atomic E-state index is 12.8. The maximum Gasteiger partial charge on any atom is 0.227 e. The summed E-state index contributed by atoms with van der Waals surface area (Å²) in [5.41, 5.74) is 2.48. The number of rotatable bonds is 7. The van der Waals surface area contributed by atoms with Crippen LogP contribution in [0.1, 0.15) is 63.1 Å². The van der Waals surface area contributed by atoms with Crippen molar-refractivity contribution in [2.45, 2.75) is 64.0 Å². The minimum absolute atomic E-state index is 0.238. The number of amides is 1. The van der Waals surface area contributed by atoms with Crippen LogP contribution in [0, 0.1) is 5.92 Å². The van der Waals surface area contributed by atoms with Crippen molar-refractivity contribution in [3.05, 3.63) is 29.6 Å². The molecule has 1 aromatic rings. The van der Waals surface area contributed by atoms with Crippen molar-refractivity contribution in [2.24, 2.45) is 5.92 Å². The Bertz CT molecular complexity index is 633. The van der Waals surface area contributed by atoms with Gasteiger partial charge in [0.2, 0.25) is 5.91 Å². The normalized spacial score (nSPS) is 23.3. The number of nitrogens with zero attached hydrogens (tertiary/aromatic N) is 3. The molecule has 1 atom stereocenters. The first-order chi connectivity index (χ1) is 12.3. The van der Waals surface area contributed by atoms with Gasteiger partial charge in [-0.2, -0.15) is 5.10 Å². The molecule has 4 rings (SSSR count). The highest BCUT2D eigenvalue weighted by Gasteiger charge is 2.29. The summed E-state index contributed by atoms with van der Waals surface area (Å²) in [6.07, 6.45) is 13.0. The molecule has 1 fully saturated rings. The summed E-state index contributed by atoms with van der Waals surface area (Å²) >= 11 is 0. The van der Waals surface area contributed by atoms with Crippen LogP contribution in [0.2, 0.25) is 0 Å². The highest BCUT2D eigenvalue weighted by Crippen LogP contribution is 2.29. The highest BCUT2D eigenvalue weighted by molar-refractivity contribution is 5.78. The number of carbonyl (C=O) groups excluding carboxylic acids is 1. The third kappa shape index (κ3) is 4.32. The topological polar surface area (TPSA) is 47.4 Å². The Labute approximate surface area is 150 Å². The molecule has 0 spiro atoms. The number of allylic oxidation sites excluding steroid dienone is 1. The molecule has 0 saturated heterocycles. The second-order valence-electron chi connectivity index (χ2n) is 7.79. The van der Waals surface area contributed by atoms with Crippen molar-refractivity contribution in [3.63, 3.8) is 0 Å². The fourth-order valence-corrected chi connectivity index (χ4v) is 3.92. The molecule has 0 radical (unpaired) electrons. The Morgan fingerprint density at radius 2 is 2.24 bits per heavy atom. The zero-order chi connectivity index (χ0) is 17.1. The van der Waals surface area contributed by atoms with E-state index in [1.54, 1.807) is 0 Å². The van der Waals surface area contributed by atoms with Gasteiger partial charge in [0.1, 0.15) is 0 Å². The zero-order valence-electron chi connectivity index (χ0n) is 15.0. The van der Waals surface area contributed by atoms with Crippen LogP contribution in [0.3, 0.4) is 0 Å². The fraction of sp³-hybridized carbons (Fsp3) is 0.700. The number of fused-ring (bicyclic) bond motifs is 1. The molecule has 1 aromatic heterocycles. The van der Waals surface area contributed by atoms with Gasteiger partial charge < -0.3 is 9.64 Å². The van der Waals surface area contributed by atoms with E-state index in [0.29, 0.717) is 13.0 Å². The maximum absolute atomic E-state index is 12.8. The molecular weight excluding hydrogens is 314 g/mol. The number of aromatic nitrogens is 2. The summed E-state index contributed by atoms with van der Waals surface area (Å²) in [4.78, 5) is 14.8.